The first kappa shape index (κ1) is 20.1. The van der Waals surface area contributed by atoms with E-state index in [1.54, 1.807) is 37.4 Å². The quantitative estimate of drug-likeness (QED) is 0.702. The van der Waals surface area contributed by atoms with Gasteiger partial charge in [0.25, 0.3) is 0 Å². The average Bonchev–Trinajstić information content (AvgIpc) is 2.69. The zero-order valence-electron chi connectivity index (χ0n) is 15.6. The third-order valence-corrected chi connectivity index (χ3v) is 4.15. The zero-order chi connectivity index (χ0) is 19.8. The van der Waals surface area contributed by atoms with E-state index in [0.717, 1.165) is 0 Å². The summed E-state index contributed by atoms with van der Waals surface area (Å²) >= 11 is 0. The number of aromatic carboxylic acids is 1. The Bertz CT molecular complexity index is 793. The topological polar surface area (TPSA) is 94.1 Å². The molecule has 1 amide bonds. The van der Waals surface area contributed by atoms with E-state index in [2.05, 4.69) is 5.32 Å². The molecule has 0 aromatic heterocycles. The number of carboxylic acids is 1. The van der Waals surface area contributed by atoms with E-state index in [1.165, 1.54) is 20.3 Å². The normalized spacial score (nSPS) is 10.2. The summed E-state index contributed by atoms with van der Waals surface area (Å²) in [5.41, 5.74) is 1.53. The second kappa shape index (κ2) is 9.47. The standard InChI is InChI=1S/C20H23NO6/c1-25-14-10-17(26-2)16(18(11-14)27-3)12-21-19(22)9-8-13-6-4-5-7-15(13)20(23)24/h4-7,10-11H,8-9,12H2,1-3H3,(H,21,22)(H,23,24). The molecule has 0 heterocycles. The average molecular weight is 373 g/mol. The van der Waals surface area contributed by atoms with Crippen LogP contribution in [-0.2, 0) is 17.8 Å². The van der Waals surface area contributed by atoms with Crippen molar-refractivity contribution in [3.05, 3.63) is 53.1 Å². The van der Waals surface area contributed by atoms with Crippen molar-refractivity contribution in [2.24, 2.45) is 0 Å². The molecule has 0 aliphatic rings. The molecule has 2 rings (SSSR count). The predicted molar refractivity (Wildman–Crippen MR) is 99.7 cm³/mol. The van der Waals surface area contributed by atoms with Crippen LogP contribution in [0.3, 0.4) is 0 Å². The number of methoxy groups -OCH3 is 3. The van der Waals surface area contributed by atoms with Gasteiger partial charge in [0.2, 0.25) is 5.91 Å². The summed E-state index contributed by atoms with van der Waals surface area (Å²) in [5.74, 6) is 0.475. The van der Waals surface area contributed by atoms with Gasteiger partial charge in [-0.3, -0.25) is 4.79 Å². The molecule has 0 atom stereocenters. The maximum atomic E-state index is 12.2. The molecule has 0 aliphatic heterocycles. The van der Waals surface area contributed by atoms with Gasteiger partial charge in [-0.2, -0.15) is 0 Å². The number of carbonyl (C=O) groups is 2. The van der Waals surface area contributed by atoms with E-state index in [9.17, 15) is 14.7 Å². The van der Waals surface area contributed by atoms with Crippen molar-refractivity contribution in [1.29, 1.82) is 0 Å². The molecule has 2 aromatic rings. The lowest BCUT2D eigenvalue weighted by Crippen LogP contribution is -2.24. The van der Waals surface area contributed by atoms with Crippen LogP contribution in [0.2, 0.25) is 0 Å². The zero-order valence-corrected chi connectivity index (χ0v) is 15.6. The van der Waals surface area contributed by atoms with E-state index in [1.807, 2.05) is 0 Å². The first-order valence-corrected chi connectivity index (χ1v) is 8.37. The summed E-state index contributed by atoms with van der Waals surface area (Å²) in [7, 11) is 4.61. The van der Waals surface area contributed by atoms with Gasteiger partial charge in [-0.15, -0.1) is 0 Å². The highest BCUT2D eigenvalue weighted by Crippen LogP contribution is 2.33. The molecule has 0 bridgehead atoms. The lowest BCUT2D eigenvalue weighted by atomic mass is 10.0. The summed E-state index contributed by atoms with van der Waals surface area (Å²) in [6.45, 7) is 0.218. The summed E-state index contributed by atoms with van der Waals surface area (Å²) in [6, 6.07) is 10.1. The Morgan fingerprint density at radius 2 is 1.63 bits per heavy atom. The molecule has 27 heavy (non-hydrogen) atoms. The first-order valence-electron chi connectivity index (χ1n) is 8.37. The van der Waals surface area contributed by atoms with Crippen molar-refractivity contribution in [3.63, 3.8) is 0 Å². The highest BCUT2D eigenvalue weighted by Gasteiger charge is 2.15. The van der Waals surface area contributed by atoms with Crippen molar-refractivity contribution in [1.82, 2.24) is 5.32 Å². The number of carbonyl (C=O) groups excluding carboxylic acids is 1. The van der Waals surface area contributed by atoms with Crippen LogP contribution < -0.4 is 19.5 Å². The largest absolute Gasteiger partial charge is 0.496 e. The Morgan fingerprint density at radius 1 is 1.00 bits per heavy atom. The van der Waals surface area contributed by atoms with E-state index < -0.39 is 5.97 Å². The van der Waals surface area contributed by atoms with Gasteiger partial charge in [0.05, 0.1) is 39.0 Å². The molecule has 0 unspecified atom stereocenters. The number of aryl methyl sites for hydroxylation is 1. The third kappa shape index (κ3) is 5.13. The molecule has 0 radical (unpaired) electrons. The minimum Gasteiger partial charge on any atom is -0.496 e. The van der Waals surface area contributed by atoms with Crippen molar-refractivity contribution >= 4 is 11.9 Å². The van der Waals surface area contributed by atoms with Crippen LogP contribution in [-0.4, -0.2) is 38.3 Å². The molecule has 7 nitrogen and oxygen atoms in total. The van der Waals surface area contributed by atoms with Crippen LogP contribution in [0.4, 0.5) is 0 Å². The first-order chi connectivity index (χ1) is 13.0. The molecule has 0 spiro atoms. The van der Waals surface area contributed by atoms with Gasteiger partial charge in [0.1, 0.15) is 17.2 Å². The number of amides is 1. The fourth-order valence-electron chi connectivity index (χ4n) is 2.72. The summed E-state index contributed by atoms with van der Waals surface area (Å²) in [4.78, 5) is 23.5. The Morgan fingerprint density at radius 3 is 2.19 bits per heavy atom. The number of hydrogen-bond acceptors (Lipinski definition) is 5. The van der Waals surface area contributed by atoms with E-state index in [-0.39, 0.29) is 24.4 Å². The van der Waals surface area contributed by atoms with Gasteiger partial charge in [-0.05, 0) is 18.1 Å². The van der Waals surface area contributed by atoms with Crippen molar-refractivity contribution in [2.45, 2.75) is 19.4 Å². The molecule has 0 fully saturated rings. The SMILES string of the molecule is COc1cc(OC)c(CNC(=O)CCc2ccccc2C(=O)O)c(OC)c1. The van der Waals surface area contributed by atoms with Crippen LogP contribution in [0.15, 0.2) is 36.4 Å². The van der Waals surface area contributed by atoms with Crippen LogP contribution in [0.25, 0.3) is 0 Å². The van der Waals surface area contributed by atoms with Gasteiger partial charge < -0.3 is 24.6 Å². The maximum absolute atomic E-state index is 12.2. The minimum absolute atomic E-state index is 0.172. The Hall–Kier alpha value is -3.22. The van der Waals surface area contributed by atoms with Gasteiger partial charge in [-0.1, -0.05) is 18.2 Å². The minimum atomic E-state index is -1.00. The summed E-state index contributed by atoms with van der Waals surface area (Å²) in [6.07, 6.45) is 0.510. The highest BCUT2D eigenvalue weighted by atomic mass is 16.5. The molecule has 2 aromatic carbocycles. The van der Waals surface area contributed by atoms with Crippen LogP contribution in [0.1, 0.15) is 27.9 Å². The molecule has 2 N–H and O–H groups in total. The lowest BCUT2D eigenvalue weighted by Gasteiger charge is -2.15. The van der Waals surface area contributed by atoms with Crippen LogP contribution in [0, 0.1) is 0 Å². The number of rotatable bonds is 9. The Kier molecular flexibility index (Phi) is 7.05. The molecular formula is C20H23NO6. The van der Waals surface area contributed by atoms with E-state index in [4.69, 9.17) is 14.2 Å². The maximum Gasteiger partial charge on any atom is 0.335 e. The van der Waals surface area contributed by atoms with Gasteiger partial charge in [0.15, 0.2) is 0 Å². The van der Waals surface area contributed by atoms with Crippen LogP contribution >= 0.6 is 0 Å². The molecule has 0 saturated carbocycles. The molecular weight excluding hydrogens is 350 g/mol. The fraction of sp³-hybridized carbons (Fsp3) is 0.300. The lowest BCUT2D eigenvalue weighted by molar-refractivity contribution is -0.121. The summed E-state index contributed by atoms with van der Waals surface area (Å²) in [5, 5.41) is 12.0. The van der Waals surface area contributed by atoms with E-state index >= 15 is 0 Å². The third-order valence-electron chi connectivity index (χ3n) is 4.15. The Balaban J connectivity index is 2.03. The van der Waals surface area contributed by atoms with Crippen LogP contribution in [0.5, 0.6) is 17.2 Å². The monoisotopic (exact) mass is 373 g/mol. The van der Waals surface area contributed by atoms with Crippen molar-refractivity contribution in [2.75, 3.05) is 21.3 Å². The number of carboxylic acid groups (broad SMARTS) is 1. The van der Waals surface area contributed by atoms with Gasteiger partial charge >= 0.3 is 5.97 Å². The number of nitrogens with one attached hydrogen (secondary N) is 1. The molecule has 144 valence electrons. The second-order valence-corrected chi connectivity index (χ2v) is 5.75. The predicted octanol–water partition coefficient (Wildman–Crippen LogP) is 2.66. The van der Waals surface area contributed by atoms with E-state index in [0.29, 0.717) is 34.8 Å². The number of ether oxygens (including phenoxy) is 3. The second-order valence-electron chi connectivity index (χ2n) is 5.75. The molecule has 7 heteroatoms. The number of benzene rings is 2. The highest BCUT2D eigenvalue weighted by molar-refractivity contribution is 5.89. The van der Waals surface area contributed by atoms with Gasteiger partial charge in [0, 0.05) is 18.6 Å². The number of hydrogen-bond donors (Lipinski definition) is 2. The van der Waals surface area contributed by atoms with Crippen molar-refractivity contribution in [3.8, 4) is 17.2 Å². The smallest absolute Gasteiger partial charge is 0.335 e. The van der Waals surface area contributed by atoms with Crippen molar-refractivity contribution < 1.29 is 28.9 Å². The summed E-state index contributed by atoms with van der Waals surface area (Å²) < 4.78 is 15.9. The Labute approximate surface area is 157 Å². The fourth-order valence-corrected chi connectivity index (χ4v) is 2.72. The molecule has 0 saturated heterocycles. The molecule has 0 aliphatic carbocycles. The van der Waals surface area contributed by atoms with Gasteiger partial charge in [-0.25, -0.2) is 4.79 Å².